The molecule has 0 radical (unpaired) electrons. The van der Waals surface area contributed by atoms with E-state index < -0.39 is 0 Å². The van der Waals surface area contributed by atoms with Gasteiger partial charge in [0.25, 0.3) is 5.91 Å². The highest BCUT2D eigenvalue weighted by Gasteiger charge is 2.25. The van der Waals surface area contributed by atoms with Crippen molar-refractivity contribution in [2.45, 2.75) is 25.8 Å². The molecule has 3 N–H and O–H groups in total. The Balaban J connectivity index is 1.85. The van der Waals surface area contributed by atoms with Crippen LogP contribution in [0.2, 0.25) is 0 Å². The van der Waals surface area contributed by atoms with Crippen molar-refractivity contribution in [2.75, 3.05) is 13.2 Å². The monoisotopic (exact) mass is 439 g/mol. The van der Waals surface area contributed by atoms with Crippen molar-refractivity contribution in [3.8, 4) is 17.0 Å². The minimum Gasteiger partial charge on any atom is -0.490 e. The molecule has 0 aliphatic carbocycles. The minimum absolute atomic E-state index is 0.109. The van der Waals surface area contributed by atoms with Crippen molar-refractivity contribution < 1.29 is 9.53 Å². The van der Waals surface area contributed by atoms with Crippen LogP contribution in [0.4, 0.5) is 0 Å². The van der Waals surface area contributed by atoms with E-state index in [1.165, 1.54) is 0 Å². The van der Waals surface area contributed by atoms with Crippen LogP contribution in [0.25, 0.3) is 22.2 Å². The van der Waals surface area contributed by atoms with Gasteiger partial charge in [0.1, 0.15) is 5.69 Å². The standard InChI is InChI=1S/C28H29N3O2/c1-2-23(20-12-5-3-6-13-20)31-28(32)25-22-16-9-10-17-24(22)30-26(21-14-7-4-8-15-21)27(25)33-19-11-18-29/h3-10,12-17,23H,2,11,18-19,29H2,1H3,(H,31,32). The number of ether oxygens (including phenoxy) is 1. The van der Waals surface area contributed by atoms with Gasteiger partial charge in [0.15, 0.2) is 5.75 Å². The second kappa shape index (κ2) is 10.7. The van der Waals surface area contributed by atoms with Gasteiger partial charge >= 0.3 is 0 Å². The van der Waals surface area contributed by atoms with E-state index in [9.17, 15) is 4.79 Å². The number of carbonyl (C=O) groups excluding carboxylic acids is 1. The summed E-state index contributed by atoms with van der Waals surface area (Å²) in [7, 11) is 0. The van der Waals surface area contributed by atoms with E-state index in [2.05, 4.69) is 12.2 Å². The van der Waals surface area contributed by atoms with Crippen LogP contribution in [0.3, 0.4) is 0 Å². The summed E-state index contributed by atoms with van der Waals surface area (Å²) in [6, 6.07) is 27.4. The smallest absolute Gasteiger partial charge is 0.256 e. The summed E-state index contributed by atoms with van der Waals surface area (Å²) in [5.74, 6) is 0.318. The lowest BCUT2D eigenvalue weighted by Gasteiger charge is -2.21. The number of rotatable bonds is 9. The Morgan fingerprint density at radius 3 is 2.33 bits per heavy atom. The molecule has 0 aliphatic rings. The topological polar surface area (TPSA) is 77.2 Å². The van der Waals surface area contributed by atoms with E-state index in [1.54, 1.807) is 0 Å². The number of hydrogen-bond donors (Lipinski definition) is 2. The summed E-state index contributed by atoms with van der Waals surface area (Å²) in [5, 5.41) is 3.99. The Bertz CT molecular complexity index is 1210. The lowest BCUT2D eigenvalue weighted by molar-refractivity contribution is 0.0933. The molecule has 3 aromatic carbocycles. The van der Waals surface area contributed by atoms with E-state index in [-0.39, 0.29) is 11.9 Å². The van der Waals surface area contributed by atoms with Crippen molar-refractivity contribution in [3.05, 3.63) is 96.1 Å². The highest BCUT2D eigenvalue weighted by atomic mass is 16.5. The Hall–Kier alpha value is -3.70. The molecule has 0 spiro atoms. The van der Waals surface area contributed by atoms with Gasteiger partial charge in [-0.25, -0.2) is 4.98 Å². The fourth-order valence-corrected chi connectivity index (χ4v) is 3.95. The van der Waals surface area contributed by atoms with Crippen molar-refractivity contribution >= 4 is 16.8 Å². The summed E-state index contributed by atoms with van der Waals surface area (Å²) in [5.41, 5.74) is 9.58. The number of nitrogens with zero attached hydrogens (tertiary/aromatic N) is 1. The molecule has 1 amide bonds. The quantitative estimate of drug-likeness (QED) is 0.337. The number of fused-ring (bicyclic) bond motifs is 1. The number of nitrogens with one attached hydrogen (secondary N) is 1. The van der Waals surface area contributed by atoms with Crippen LogP contribution in [-0.2, 0) is 0 Å². The molecule has 1 aromatic heterocycles. The van der Waals surface area contributed by atoms with Crippen LogP contribution in [0.5, 0.6) is 5.75 Å². The SMILES string of the molecule is CCC(NC(=O)c1c(OCCCN)c(-c2ccccc2)nc2ccccc12)c1ccccc1. The third-order valence-electron chi connectivity index (χ3n) is 5.63. The first-order valence-electron chi connectivity index (χ1n) is 11.4. The number of nitrogens with two attached hydrogens (primary N) is 1. The van der Waals surface area contributed by atoms with E-state index in [1.807, 2.05) is 84.9 Å². The van der Waals surface area contributed by atoms with Gasteiger partial charge in [-0.3, -0.25) is 4.79 Å². The van der Waals surface area contributed by atoms with Gasteiger partial charge in [0, 0.05) is 10.9 Å². The lowest BCUT2D eigenvalue weighted by Crippen LogP contribution is -2.29. The molecule has 4 aromatic rings. The second-order valence-corrected chi connectivity index (χ2v) is 7.88. The van der Waals surface area contributed by atoms with E-state index in [0.29, 0.717) is 36.6 Å². The highest BCUT2D eigenvalue weighted by Crippen LogP contribution is 2.37. The summed E-state index contributed by atoms with van der Waals surface area (Å²) in [4.78, 5) is 18.7. The third kappa shape index (κ3) is 5.04. The van der Waals surface area contributed by atoms with E-state index in [4.69, 9.17) is 15.5 Å². The Morgan fingerprint density at radius 1 is 0.970 bits per heavy atom. The van der Waals surface area contributed by atoms with Crippen molar-refractivity contribution in [3.63, 3.8) is 0 Å². The number of pyridine rings is 1. The molecule has 0 saturated carbocycles. The lowest BCUT2D eigenvalue weighted by atomic mass is 10.00. The van der Waals surface area contributed by atoms with E-state index in [0.717, 1.165) is 28.5 Å². The molecular weight excluding hydrogens is 410 g/mol. The second-order valence-electron chi connectivity index (χ2n) is 7.88. The molecule has 1 heterocycles. The van der Waals surface area contributed by atoms with Gasteiger partial charge in [-0.15, -0.1) is 0 Å². The maximum Gasteiger partial charge on any atom is 0.256 e. The van der Waals surface area contributed by atoms with Gasteiger partial charge in [-0.2, -0.15) is 0 Å². The number of aromatic nitrogens is 1. The fraction of sp³-hybridized carbons (Fsp3) is 0.214. The zero-order valence-electron chi connectivity index (χ0n) is 18.8. The molecule has 0 bridgehead atoms. The van der Waals surface area contributed by atoms with Crippen LogP contribution >= 0.6 is 0 Å². The number of amides is 1. The van der Waals surface area contributed by atoms with Crippen LogP contribution in [0.15, 0.2) is 84.9 Å². The molecule has 5 nitrogen and oxygen atoms in total. The molecule has 0 aliphatic heterocycles. The average Bonchev–Trinajstić information content (AvgIpc) is 2.87. The van der Waals surface area contributed by atoms with Crippen LogP contribution in [0.1, 0.15) is 41.7 Å². The average molecular weight is 440 g/mol. The molecule has 1 unspecified atom stereocenters. The predicted octanol–water partition coefficient (Wildman–Crippen LogP) is 5.51. The molecule has 33 heavy (non-hydrogen) atoms. The fourth-order valence-electron chi connectivity index (χ4n) is 3.95. The maximum absolute atomic E-state index is 13.8. The van der Waals surface area contributed by atoms with Gasteiger partial charge < -0.3 is 15.8 Å². The molecule has 0 fully saturated rings. The summed E-state index contributed by atoms with van der Waals surface area (Å²) in [6.07, 6.45) is 1.46. The highest BCUT2D eigenvalue weighted by molar-refractivity contribution is 6.10. The zero-order chi connectivity index (χ0) is 23.0. The number of para-hydroxylation sites is 1. The number of benzene rings is 3. The third-order valence-corrected chi connectivity index (χ3v) is 5.63. The molecule has 4 rings (SSSR count). The van der Waals surface area contributed by atoms with Gasteiger partial charge in [-0.1, -0.05) is 85.8 Å². The molecule has 168 valence electrons. The Kier molecular flexibility index (Phi) is 7.33. The largest absolute Gasteiger partial charge is 0.490 e. The van der Waals surface area contributed by atoms with Gasteiger partial charge in [-0.05, 0) is 31.0 Å². The summed E-state index contributed by atoms with van der Waals surface area (Å²) < 4.78 is 6.21. The van der Waals surface area contributed by atoms with Crippen LogP contribution < -0.4 is 15.8 Å². The Labute approximate surface area is 194 Å². The van der Waals surface area contributed by atoms with Crippen molar-refractivity contribution in [2.24, 2.45) is 5.73 Å². The van der Waals surface area contributed by atoms with Gasteiger partial charge in [0.05, 0.1) is 23.7 Å². The van der Waals surface area contributed by atoms with Crippen molar-refractivity contribution in [1.29, 1.82) is 0 Å². The first-order valence-corrected chi connectivity index (χ1v) is 11.4. The Morgan fingerprint density at radius 2 is 1.64 bits per heavy atom. The molecular formula is C28H29N3O2. The molecule has 1 atom stereocenters. The normalized spacial score (nSPS) is 11.8. The summed E-state index contributed by atoms with van der Waals surface area (Å²) in [6.45, 7) is 2.98. The van der Waals surface area contributed by atoms with Crippen LogP contribution in [0, 0.1) is 0 Å². The number of hydrogen-bond acceptors (Lipinski definition) is 4. The van der Waals surface area contributed by atoms with E-state index >= 15 is 0 Å². The predicted molar refractivity (Wildman–Crippen MR) is 133 cm³/mol. The number of carbonyl (C=O) groups is 1. The van der Waals surface area contributed by atoms with Gasteiger partial charge in [0.2, 0.25) is 0 Å². The maximum atomic E-state index is 13.8. The summed E-state index contributed by atoms with van der Waals surface area (Å²) >= 11 is 0. The zero-order valence-corrected chi connectivity index (χ0v) is 18.8. The molecule has 5 heteroatoms. The molecule has 0 saturated heterocycles. The van der Waals surface area contributed by atoms with Crippen molar-refractivity contribution in [1.82, 2.24) is 10.3 Å². The first-order chi connectivity index (χ1) is 16.2. The first kappa shape index (κ1) is 22.5. The van der Waals surface area contributed by atoms with Crippen LogP contribution in [-0.4, -0.2) is 24.0 Å². The minimum atomic E-state index is -0.177.